The van der Waals surface area contributed by atoms with E-state index in [1.807, 2.05) is 0 Å². The van der Waals surface area contributed by atoms with Gasteiger partial charge in [-0.3, -0.25) is 0 Å². The quantitative estimate of drug-likeness (QED) is 0.865. The van der Waals surface area contributed by atoms with Crippen LogP contribution in [0.2, 0.25) is 5.02 Å². The van der Waals surface area contributed by atoms with E-state index in [9.17, 15) is 21.6 Å². The highest BCUT2D eigenvalue weighted by molar-refractivity contribution is 7.89. The second kappa shape index (κ2) is 5.99. The molecular formula is C13H16ClF3N2O2S. The van der Waals surface area contributed by atoms with Crippen LogP contribution in [-0.2, 0) is 16.4 Å². The van der Waals surface area contributed by atoms with Gasteiger partial charge in [-0.2, -0.15) is 0 Å². The van der Waals surface area contributed by atoms with Crippen LogP contribution in [0.15, 0.2) is 18.2 Å². The van der Waals surface area contributed by atoms with Crippen LogP contribution in [0, 0.1) is 11.7 Å². The Hall–Kier alpha value is -0.830. The minimum atomic E-state index is -4.14. The molecule has 1 aliphatic rings. The minimum Gasteiger partial charge on any atom is -0.307 e. The summed E-state index contributed by atoms with van der Waals surface area (Å²) < 4.78 is 64.9. The first-order valence-corrected chi connectivity index (χ1v) is 8.58. The van der Waals surface area contributed by atoms with Crippen LogP contribution in [0.25, 0.3) is 0 Å². The topological polar surface area (TPSA) is 72.2 Å². The van der Waals surface area contributed by atoms with E-state index in [1.54, 1.807) is 0 Å². The summed E-state index contributed by atoms with van der Waals surface area (Å²) in [6.07, 6.45) is -0.105. The van der Waals surface area contributed by atoms with E-state index in [0.717, 1.165) is 6.92 Å². The molecule has 3 atom stereocenters. The average Bonchev–Trinajstić information content (AvgIpc) is 2.68. The van der Waals surface area contributed by atoms with Crippen LogP contribution in [0.1, 0.15) is 12.5 Å². The predicted octanol–water partition coefficient (Wildman–Crippen LogP) is 1.92. The van der Waals surface area contributed by atoms with Gasteiger partial charge in [-0.05, 0) is 25.0 Å². The second-order valence-corrected chi connectivity index (χ2v) is 7.81. The van der Waals surface area contributed by atoms with Gasteiger partial charge < -0.3 is 5.32 Å². The fourth-order valence-corrected chi connectivity index (χ4v) is 3.81. The van der Waals surface area contributed by atoms with Gasteiger partial charge in [0, 0.05) is 6.04 Å². The molecule has 1 fully saturated rings. The molecule has 1 heterocycles. The summed E-state index contributed by atoms with van der Waals surface area (Å²) in [4.78, 5) is 0. The van der Waals surface area contributed by atoms with E-state index in [0.29, 0.717) is 0 Å². The summed E-state index contributed by atoms with van der Waals surface area (Å²) in [5.41, 5.74) is 0.148. The Labute approximate surface area is 131 Å². The largest absolute Gasteiger partial charge is 0.307 e. The number of rotatable bonds is 4. The summed E-state index contributed by atoms with van der Waals surface area (Å²) >= 11 is 5.67. The van der Waals surface area contributed by atoms with E-state index in [1.165, 1.54) is 18.2 Å². The van der Waals surface area contributed by atoms with Crippen molar-refractivity contribution >= 4 is 21.6 Å². The first-order valence-electron chi connectivity index (χ1n) is 6.59. The first kappa shape index (κ1) is 17.5. The summed E-state index contributed by atoms with van der Waals surface area (Å²) in [6.45, 7) is 0.465. The van der Waals surface area contributed by atoms with Crippen molar-refractivity contribution in [3.8, 4) is 0 Å². The van der Waals surface area contributed by atoms with Crippen molar-refractivity contribution in [2.45, 2.75) is 30.6 Å². The Balaban J connectivity index is 2.32. The molecule has 1 aromatic rings. The average molecular weight is 357 g/mol. The maximum absolute atomic E-state index is 14.0. The van der Waals surface area contributed by atoms with Gasteiger partial charge in [-0.1, -0.05) is 23.7 Å². The highest BCUT2D eigenvalue weighted by Crippen LogP contribution is 2.38. The van der Waals surface area contributed by atoms with Gasteiger partial charge >= 0.3 is 0 Å². The Morgan fingerprint density at radius 2 is 2.14 bits per heavy atom. The number of hydrogen-bond donors (Lipinski definition) is 2. The zero-order valence-electron chi connectivity index (χ0n) is 11.7. The molecule has 22 heavy (non-hydrogen) atoms. The zero-order chi connectivity index (χ0) is 16.7. The van der Waals surface area contributed by atoms with Crippen molar-refractivity contribution < 1.29 is 21.6 Å². The van der Waals surface area contributed by atoms with Gasteiger partial charge in [0.05, 0.1) is 22.7 Å². The fourth-order valence-electron chi connectivity index (χ4n) is 2.82. The lowest BCUT2D eigenvalue weighted by molar-refractivity contribution is -0.0276. The Morgan fingerprint density at radius 1 is 1.50 bits per heavy atom. The summed E-state index contributed by atoms with van der Waals surface area (Å²) in [6, 6.07) is 3.36. The lowest BCUT2D eigenvalue weighted by Crippen LogP contribution is -2.46. The fraction of sp³-hybridized carbons (Fsp3) is 0.538. The van der Waals surface area contributed by atoms with Crippen LogP contribution in [-0.4, -0.2) is 32.2 Å². The van der Waals surface area contributed by atoms with Gasteiger partial charge in [-0.25, -0.2) is 26.7 Å². The van der Waals surface area contributed by atoms with Gasteiger partial charge in [-0.15, -0.1) is 0 Å². The SMILES string of the molecule is CC([C@@H]1[C@H](Cc2cccc(Cl)c2F)NCC1(F)F)S(N)(=O)=O. The van der Waals surface area contributed by atoms with Crippen molar-refractivity contribution in [1.29, 1.82) is 0 Å². The number of halogens is 4. The Morgan fingerprint density at radius 3 is 2.73 bits per heavy atom. The molecule has 9 heteroatoms. The number of nitrogens with two attached hydrogens (primary N) is 1. The molecule has 0 aliphatic carbocycles. The van der Waals surface area contributed by atoms with E-state index in [2.05, 4.69) is 5.32 Å². The first-order chi connectivity index (χ1) is 10.0. The Kier molecular flexibility index (Phi) is 4.77. The van der Waals surface area contributed by atoms with Crippen molar-refractivity contribution in [3.05, 3.63) is 34.6 Å². The number of hydrogen-bond acceptors (Lipinski definition) is 3. The molecule has 4 nitrogen and oxygen atoms in total. The van der Waals surface area contributed by atoms with E-state index in [-0.39, 0.29) is 17.0 Å². The monoisotopic (exact) mass is 356 g/mol. The van der Waals surface area contributed by atoms with Crippen molar-refractivity contribution in [2.24, 2.45) is 11.1 Å². The van der Waals surface area contributed by atoms with Crippen LogP contribution < -0.4 is 10.5 Å². The number of benzene rings is 1. The molecule has 0 spiro atoms. The van der Waals surface area contributed by atoms with E-state index in [4.69, 9.17) is 16.7 Å². The highest BCUT2D eigenvalue weighted by atomic mass is 35.5. The standard InChI is InChI=1S/C13H16ClF3N2O2S/c1-7(22(18,20)21)11-10(19-6-13(11,16)17)5-8-3-2-4-9(14)12(8)15/h2-4,7,10-11,19H,5-6H2,1H3,(H2,18,20,21)/t7?,10-,11+/m0/s1. The van der Waals surface area contributed by atoms with Crippen molar-refractivity contribution in [3.63, 3.8) is 0 Å². The maximum Gasteiger partial charge on any atom is 0.265 e. The van der Waals surface area contributed by atoms with Crippen LogP contribution in [0.3, 0.4) is 0 Å². The summed E-state index contributed by atoms with van der Waals surface area (Å²) in [5.74, 6) is -5.48. The molecule has 1 unspecified atom stereocenters. The van der Waals surface area contributed by atoms with E-state index < -0.39 is 45.5 Å². The lowest BCUT2D eigenvalue weighted by Gasteiger charge is -2.28. The minimum absolute atomic E-state index is 0.105. The molecule has 1 aliphatic heterocycles. The molecule has 0 amide bonds. The second-order valence-electron chi connectivity index (χ2n) is 5.49. The number of sulfonamides is 1. The molecule has 124 valence electrons. The van der Waals surface area contributed by atoms with Gasteiger partial charge in [0.1, 0.15) is 5.82 Å². The molecule has 2 rings (SSSR count). The maximum atomic E-state index is 14.0. The molecular weight excluding hydrogens is 341 g/mol. The van der Waals surface area contributed by atoms with Crippen LogP contribution >= 0.6 is 11.6 Å². The van der Waals surface area contributed by atoms with E-state index >= 15 is 0 Å². The van der Waals surface area contributed by atoms with Gasteiger partial charge in [0.15, 0.2) is 0 Å². The summed E-state index contributed by atoms with van der Waals surface area (Å²) in [5, 5.41) is 6.00. The van der Waals surface area contributed by atoms with Crippen molar-refractivity contribution in [2.75, 3.05) is 6.54 Å². The smallest absolute Gasteiger partial charge is 0.265 e. The van der Waals surface area contributed by atoms with Crippen LogP contribution in [0.4, 0.5) is 13.2 Å². The molecule has 0 bridgehead atoms. The Bertz CT molecular complexity index is 669. The predicted molar refractivity (Wildman–Crippen MR) is 77.9 cm³/mol. The molecule has 1 saturated heterocycles. The van der Waals surface area contributed by atoms with Crippen LogP contribution in [0.5, 0.6) is 0 Å². The zero-order valence-corrected chi connectivity index (χ0v) is 13.3. The third kappa shape index (κ3) is 3.40. The number of alkyl halides is 2. The normalized spacial score (nSPS) is 26.1. The molecule has 0 saturated carbocycles. The summed E-state index contributed by atoms with van der Waals surface area (Å²) in [7, 11) is -4.14. The third-order valence-corrected chi connectivity index (χ3v) is 5.64. The van der Waals surface area contributed by atoms with Crippen molar-refractivity contribution in [1.82, 2.24) is 5.32 Å². The molecule has 0 radical (unpaired) electrons. The highest BCUT2D eigenvalue weighted by Gasteiger charge is 2.54. The molecule has 1 aromatic carbocycles. The third-order valence-electron chi connectivity index (χ3n) is 4.02. The molecule has 3 N–H and O–H groups in total. The van der Waals surface area contributed by atoms with Gasteiger partial charge in [0.25, 0.3) is 5.92 Å². The molecule has 0 aromatic heterocycles. The number of primary sulfonamides is 1. The lowest BCUT2D eigenvalue weighted by atomic mass is 9.90. The van der Waals surface area contributed by atoms with Gasteiger partial charge in [0.2, 0.25) is 10.0 Å². The number of nitrogens with one attached hydrogen (secondary N) is 1.